The van der Waals surface area contributed by atoms with Crippen LogP contribution in [-0.4, -0.2) is 37.9 Å². The van der Waals surface area contributed by atoms with Crippen molar-refractivity contribution in [2.75, 3.05) is 11.9 Å². The van der Waals surface area contributed by atoms with E-state index in [9.17, 15) is 25.9 Å². The number of benzene rings is 4. The maximum atomic E-state index is 11.3. The average molecular weight is 557 g/mol. The summed E-state index contributed by atoms with van der Waals surface area (Å²) in [4.78, 5) is -0.178. The molecule has 4 aromatic rings. The van der Waals surface area contributed by atoms with E-state index in [2.05, 4.69) is 36.4 Å². The summed E-state index contributed by atoms with van der Waals surface area (Å²) < 4.78 is 63.0. The Morgan fingerprint density at radius 1 is 0.649 bits per heavy atom. The van der Waals surface area contributed by atoms with Crippen LogP contribution >= 0.6 is 7.26 Å². The van der Waals surface area contributed by atoms with Gasteiger partial charge in [0, 0.05) is 0 Å². The van der Waals surface area contributed by atoms with E-state index in [0.717, 1.165) is 5.56 Å². The quantitative estimate of drug-likeness (QED) is 0.258. The van der Waals surface area contributed by atoms with Gasteiger partial charge in [-0.3, -0.25) is 4.55 Å². The molecule has 6 nitrogen and oxygen atoms in total. The molecular formula is C28H29O6PS2. The molecule has 0 aliphatic heterocycles. The molecule has 0 saturated carbocycles. The molecule has 0 spiro atoms. The van der Waals surface area contributed by atoms with Crippen LogP contribution in [0.1, 0.15) is 12.0 Å². The van der Waals surface area contributed by atoms with Crippen LogP contribution in [0.2, 0.25) is 0 Å². The smallest absolute Gasteiger partial charge is 0.264 e. The van der Waals surface area contributed by atoms with Crippen LogP contribution in [0.5, 0.6) is 0 Å². The van der Waals surface area contributed by atoms with Gasteiger partial charge in [0.1, 0.15) is 33.3 Å². The molecule has 1 N–H and O–H groups in total. The van der Waals surface area contributed by atoms with Crippen LogP contribution in [0.3, 0.4) is 0 Å². The zero-order chi connectivity index (χ0) is 26.9. The number of hydrogen-bond donors (Lipinski definition) is 1. The molecule has 0 atom stereocenters. The molecule has 0 aliphatic carbocycles. The molecule has 4 aromatic carbocycles. The lowest BCUT2D eigenvalue weighted by atomic mass is 10.2. The Labute approximate surface area is 219 Å². The van der Waals surface area contributed by atoms with Crippen LogP contribution in [0.15, 0.2) is 120 Å². The Kier molecular flexibility index (Phi) is 9.76. The molecule has 0 radical (unpaired) electrons. The predicted molar refractivity (Wildman–Crippen MR) is 150 cm³/mol. The molecule has 4 rings (SSSR count). The standard InChI is InChI=1S/C21H21O3PS.C7H8O3S/c22-26(23,24)18-10-17-25(19-11-4-1-5-12-19,20-13-6-2-7-14-20)21-15-8-3-9-16-21;1-6-2-4-7(5-3-6)11(8,9)10/h1-9,11-16H,10,17-18H2;2-5H,1H3,(H,8,9,10). The van der Waals surface area contributed by atoms with Crippen LogP contribution in [0.25, 0.3) is 0 Å². The second-order valence-corrected chi connectivity index (χ2v) is 15.0. The van der Waals surface area contributed by atoms with Gasteiger partial charge in [0.05, 0.1) is 16.8 Å². The minimum Gasteiger partial charge on any atom is -0.744 e. The highest BCUT2D eigenvalue weighted by Gasteiger charge is 2.44. The number of rotatable bonds is 8. The van der Waals surface area contributed by atoms with Crippen molar-refractivity contribution >= 4 is 43.4 Å². The normalized spacial score (nSPS) is 11.9. The van der Waals surface area contributed by atoms with E-state index in [4.69, 9.17) is 0 Å². The van der Waals surface area contributed by atoms with E-state index in [1.165, 1.54) is 28.0 Å². The zero-order valence-corrected chi connectivity index (χ0v) is 22.9. The first-order valence-electron chi connectivity index (χ1n) is 11.5. The first-order chi connectivity index (χ1) is 17.5. The van der Waals surface area contributed by atoms with E-state index >= 15 is 0 Å². The lowest BCUT2D eigenvalue weighted by Gasteiger charge is -2.27. The van der Waals surface area contributed by atoms with Gasteiger partial charge in [-0.05, 0) is 61.9 Å². The monoisotopic (exact) mass is 556 g/mol. The summed E-state index contributed by atoms with van der Waals surface area (Å²) in [5.41, 5.74) is 0.928. The van der Waals surface area contributed by atoms with Gasteiger partial charge in [0.25, 0.3) is 10.1 Å². The van der Waals surface area contributed by atoms with Gasteiger partial charge < -0.3 is 4.55 Å². The van der Waals surface area contributed by atoms with Gasteiger partial charge in [-0.2, -0.15) is 8.42 Å². The van der Waals surface area contributed by atoms with Gasteiger partial charge >= 0.3 is 0 Å². The maximum absolute atomic E-state index is 11.3. The second kappa shape index (κ2) is 12.6. The van der Waals surface area contributed by atoms with Crippen molar-refractivity contribution in [3.05, 3.63) is 121 Å². The van der Waals surface area contributed by atoms with Crippen LogP contribution in [-0.2, 0) is 20.2 Å². The molecule has 0 unspecified atom stereocenters. The summed E-state index contributed by atoms with van der Waals surface area (Å²) in [7, 11) is -10.3. The molecule has 9 heteroatoms. The van der Waals surface area contributed by atoms with Crippen molar-refractivity contribution in [1.29, 1.82) is 0 Å². The van der Waals surface area contributed by atoms with Crippen molar-refractivity contribution in [3.8, 4) is 0 Å². The Bertz CT molecular complexity index is 1380. The predicted octanol–water partition coefficient (Wildman–Crippen LogP) is 4.16. The van der Waals surface area contributed by atoms with Gasteiger partial charge in [-0.1, -0.05) is 72.3 Å². The van der Waals surface area contributed by atoms with E-state index in [-0.39, 0.29) is 10.6 Å². The van der Waals surface area contributed by atoms with Gasteiger partial charge in [-0.25, -0.2) is 8.42 Å². The lowest BCUT2D eigenvalue weighted by molar-refractivity contribution is 0.463. The fourth-order valence-electron chi connectivity index (χ4n) is 4.07. The molecule has 0 amide bonds. The van der Waals surface area contributed by atoms with Crippen molar-refractivity contribution in [3.63, 3.8) is 0 Å². The first-order valence-corrected chi connectivity index (χ1v) is 16.5. The van der Waals surface area contributed by atoms with E-state index in [1.807, 2.05) is 61.5 Å². The molecule has 0 aromatic heterocycles. The summed E-state index contributed by atoms with van der Waals surface area (Å²) in [5, 5.41) is 3.65. The average Bonchev–Trinajstić information content (AvgIpc) is 2.88. The Balaban J connectivity index is 0.000000289. The van der Waals surface area contributed by atoms with Crippen LogP contribution in [0, 0.1) is 6.92 Å². The highest BCUT2D eigenvalue weighted by Crippen LogP contribution is 2.55. The molecule has 37 heavy (non-hydrogen) atoms. The van der Waals surface area contributed by atoms with Crippen LogP contribution < -0.4 is 15.9 Å². The van der Waals surface area contributed by atoms with Gasteiger partial charge in [0.15, 0.2) is 0 Å². The van der Waals surface area contributed by atoms with E-state index in [1.54, 1.807) is 12.1 Å². The van der Waals surface area contributed by atoms with E-state index in [0.29, 0.717) is 12.6 Å². The summed E-state index contributed by atoms with van der Waals surface area (Å²) in [6, 6.07) is 36.7. The zero-order valence-electron chi connectivity index (χ0n) is 20.3. The number of hydrogen-bond acceptors (Lipinski definition) is 5. The first kappa shape index (κ1) is 28.7. The minimum absolute atomic E-state index is 0.178. The van der Waals surface area contributed by atoms with Crippen molar-refractivity contribution < 1.29 is 25.9 Å². The Morgan fingerprint density at radius 2 is 1.03 bits per heavy atom. The molecule has 194 valence electrons. The highest BCUT2D eigenvalue weighted by atomic mass is 32.2. The topological polar surface area (TPSA) is 112 Å². The Morgan fingerprint density at radius 3 is 1.35 bits per heavy atom. The summed E-state index contributed by atoms with van der Waals surface area (Å²) in [6.45, 7) is 1.82. The van der Waals surface area contributed by atoms with Gasteiger partial charge in [-0.15, -0.1) is 0 Å². The minimum atomic E-state index is -4.27. The molecule has 0 saturated heterocycles. The van der Waals surface area contributed by atoms with Crippen molar-refractivity contribution in [2.24, 2.45) is 0 Å². The largest absolute Gasteiger partial charge is 0.744 e. The third kappa shape index (κ3) is 8.06. The van der Waals surface area contributed by atoms with Gasteiger partial charge in [0.2, 0.25) is 0 Å². The molecular weight excluding hydrogens is 527 g/mol. The Hall–Kier alpha value is -2.87. The van der Waals surface area contributed by atoms with Crippen molar-refractivity contribution in [2.45, 2.75) is 18.2 Å². The summed E-state index contributed by atoms with van der Waals surface area (Å²) in [6.07, 6.45) is 1.09. The SMILES string of the molecule is Cc1ccc(S(=O)(=O)[O-])cc1.O=S(=O)(O)CCC[P+](c1ccccc1)(c1ccccc1)c1ccccc1. The number of aryl methyl sites for hydroxylation is 1. The highest BCUT2D eigenvalue weighted by molar-refractivity contribution is 7.95. The third-order valence-corrected chi connectivity index (χ3v) is 12.0. The molecule has 0 bridgehead atoms. The van der Waals surface area contributed by atoms with Crippen LogP contribution in [0.4, 0.5) is 0 Å². The maximum Gasteiger partial charge on any atom is 0.264 e. The molecule has 0 heterocycles. The molecule has 0 aliphatic rings. The summed E-state index contributed by atoms with van der Waals surface area (Å²) >= 11 is 0. The fourth-order valence-corrected chi connectivity index (χ4v) is 9.61. The van der Waals surface area contributed by atoms with Crippen molar-refractivity contribution in [1.82, 2.24) is 0 Å². The van der Waals surface area contributed by atoms with E-state index < -0.39 is 27.5 Å². The molecule has 0 fully saturated rings. The third-order valence-electron chi connectivity index (χ3n) is 5.80. The fraction of sp³-hybridized carbons (Fsp3) is 0.143. The second-order valence-electron chi connectivity index (χ2n) is 8.45. The summed E-state index contributed by atoms with van der Waals surface area (Å²) in [5.74, 6) is -0.221. The lowest BCUT2D eigenvalue weighted by Crippen LogP contribution is -2.33.